The van der Waals surface area contributed by atoms with Crippen molar-refractivity contribution in [2.45, 2.75) is 32.8 Å². The summed E-state index contributed by atoms with van der Waals surface area (Å²) in [6.45, 7) is 3.87. The number of rotatable bonds is 5. The van der Waals surface area contributed by atoms with E-state index in [1.165, 1.54) is 9.58 Å². The number of benzene rings is 1. The Kier molecular flexibility index (Phi) is 5.66. The third-order valence-corrected chi connectivity index (χ3v) is 5.87. The summed E-state index contributed by atoms with van der Waals surface area (Å²) >= 11 is 0. The first kappa shape index (κ1) is 20.9. The fourth-order valence-electron chi connectivity index (χ4n) is 4.07. The van der Waals surface area contributed by atoms with Gasteiger partial charge in [0, 0.05) is 25.7 Å². The summed E-state index contributed by atoms with van der Waals surface area (Å²) in [7, 11) is 3.24. The molecule has 0 saturated carbocycles. The van der Waals surface area contributed by atoms with Gasteiger partial charge in [-0.15, -0.1) is 0 Å². The van der Waals surface area contributed by atoms with E-state index in [-0.39, 0.29) is 31.8 Å². The summed E-state index contributed by atoms with van der Waals surface area (Å²) in [5, 5.41) is 25.1. The number of aromatic nitrogens is 2. The van der Waals surface area contributed by atoms with Gasteiger partial charge >= 0.3 is 5.97 Å². The van der Waals surface area contributed by atoms with Gasteiger partial charge in [-0.3, -0.25) is 14.3 Å². The van der Waals surface area contributed by atoms with Gasteiger partial charge in [0.05, 0.1) is 18.9 Å². The maximum absolute atomic E-state index is 13.2. The van der Waals surface area contributed by atoms with E-state index in [2.05, 4.69) is 5.10 Å². The number of carboxylic acids is 1. The Morgan fingerprint density at radius 3 is 2.66 bits per heavy atom. The predicted molar refractivity (Wildman–Crippen MR) is 106 cm³/mol. The molecule has 2 atom stereocenters. The Morgan fingerprint density at radius 2 is 2.07 bits per heavy atom. The molecule has 2 aromatic rings. The number of carbonyl (C=O) groups excluding carboxylic acids is 1. The molecule has 1 aliphatic rings. The first-order valence-corrected chi connectivity index (χ1v) is 9.53. The standard InChI is InChI=1S/C21H27N3O5/c1-13-14(2)22-23(3)18(13)19(26)24-9-8-17(25)21(12-24,20(27)28)11-15-6-5-7-16(10-15)29-4/h5-7,10,17,25H,8-9,11-12H2,1-4H3,(H,27,28)/t17-,21-/m1/s1. The number of ether oxygens (including phenoxy) is 1. The minimum atomic E-state index is -1.50. The van der Waals surface area contributed by atoms with Crippen molar-refractivity contribution in [2.75, 3.05) is 20.2 Å². The number of carboxylic acid groups (broad SMARTS) is 1. The van der Waals surface area contributed by atoms with E-state index in [0.29, 0.717) is 11.4 Å². The van der Waals surface area contributed by atoms with Gasteiger partial charge in [-0.2, -0.15) is 5.10 Å². The van der Waals surface area contributed by atoms with Crippen LogP contribution in [0.1, 0.15) is 33.7 Å². The van der Waals surface area contributed by atoms with E-state index in [4.69, 9.17) is 4.74 Å². The third-order valence-electron chi connectivity index (χ3n) is 5.87. The zero-order valence-corrected chi connectivity index (χ0v) is 17.2. The van der Waals surface area contributed by atoms with Crippen LogP contribution in [0, 0.1) is 19.3 Å². The molecule has 156 valence electrons. The predicted octanol–water partition coefficient (Wildman–Crippen LogP) is 1.57. The molecule has 1 fully saturated rings. The number of aliphatic hydroxyl groups is 1. The minimum absolute atomic E-state index is 0.0801. The second kappa shape index (κ2) is 7.87. The van der Waals surface area contributed by atoms with Crippen molar-refractivity contribution in [1.29, 1.82) is 0 Å². The lowest BCUT2D eigenvalue weighted by Gasteiger charge is -2.43. The van der Waals surface area contributed by atoms with Crippen LogP contribution < -0.4 is 4.74 Å². The molecule has 8 nitrogen and oxygen atoms in total. The smallest absolute Gasteiger partial charge is 0.314 e. The molecule has 2 N–H and O–H groups in total. The van der Waals surface area contributed by atoms with Crippen molar-refractivity contribution in [1.82, 2.24) is 14.7 Å². The summed E-state index contributed by atoms with van der Waals surface area (Å²) in [4.78, 5) is 27.1. The van der Waals surface area contributed by atoms with Crippen LogP contribution in [0.25, 0.3) is 0 Å². The second-order valence-corrected chi connectivity index (χ2v) is 7.70. The molecule has 8 heteroatoms. The van der Waals surface area contributed by atoms with Crippen LogP contribution in [0.4, 0.5) is 0 Å². The number of nitrogens with zero attached hydrogens (tertiary/aromatic N) is 3. The summed E-state index contributed by atoms with van der Waals surface area (Å²) in [6.07, 6.45) is -0.782. The Bertz CT molecular complexity index is 938. The van der Waals surface area contributed by atoms with E-state index in [1.807, 2.05) is 13.8 Å². The summed E-state index contributed by atoms with van der Waals surface area (Å²) in [5.41, 5.74) is 1.21. The Hall–Kier alpha value is -2.87. The average Bonchev–Trinajstić information content (AvgIpc) is 2.94. The Labute approximate surface area is 169 Å². The van der Waals surface area contributed by atoms with E-state index < -0.39 is 17.5 Å². The lowest BCUT2D eigenvalue weighted by molar-refractivity contribution is -0.161. The molecule has 2 heterocycles. The van der Waals surface area contributed by atoms with Crippen molar-refractivity contribution in [3.05, 3.63) is 46.8 Å². The van der Waals surface area contributed by atoms with Crippen molar-refractivity contribution >= 4 is 11.9 Å². The molecule has 1 aromatic carbocycles. The Morgan fingerprint density at radius 1 is 1.34 bits per heavy atom. The van der Waals surface area contributed by atoms with Crippen LogP contribution in [0.5, 0.6) is 5.75 Å². The number of amides is 1. The quantitative estimate of drug-likeness (QED) is 0.788. The number of aliphatic carboxylic acids is 1. The number of piperidine rings is 1. The van der Waals surface area contributed by atoms with E-state index in [9.17, 15) is 19.8 Å². The lowest BCUT2D eigenvalue weighted by atomic mass is 9.72. The molecule has 0 radical (unpaired) electrons. The number of likely N-dealkylation sites (tertiary alicyclic amines) is 1. The van der Waals surface area contributed by atoms with Crippen molar-refractivity contribution in [3.8, 4) is 5.75 Å². The molecule has 0 unspecified atom stereocenters. The number of hydrogen-bond donors (Lipinski definition) is 2. The zero-order chi connectivity index (χ0) is 21.3. The molecule has 0 bridgehead atoms. The van der Waals surface area contributed by atoms with Crippen LogP contribution in [0.15, 0.2) is 24.3 Å². The van der Waals surface area contributed by atoms with Crippen LogP contribution in [0.3, 0.4) is 0 Å². The van der Waals surface area contributed by atoms with Crippen LogP contribution >= 0.6 is 0 Å². The molecule has 29 heavy (non-hydrogen) atoms. The third kappa shape index (κ3) is 3.72. The Balaban J connectivity index is 1.94. The monoisotopic (exact) mass is 401 g/mol. The molecule has 1 aromatic heterocycles. The number of aliphatic hydroxyl groups excluding tert-OH is 1. The van der Waals surface area contributed by atoms with Gasteiger partial charge < -0.3 is 19.8 Å². The molecular weight excluding hydrogens is 374 g/mol. The summed E-state index contributed by atoms with van der Waals surface area (Å²) in [6, 6.07) is 7.11. The highest BCUT2D eigenvalue weighted by atomic mass is 16.5. The number of carbonyl (C=O) groups is 2. The fourth-order valence-corrected chi connectivity index (χ4v) is 4.07. The van der Waals surface area contributed by atoms with Gasteiger partial charge in [0.2, 0.25) is 0 Å². The maximum Gasteiger partial charge on any atom is 0.314 e. The van der Waals surface area contributed by atoms with Gasteiger partial charge in [-0.05, 0) is 44.4 Å². The highest BCUT2D eigenvalue weighted by Crippen LogP contribution is 2.36. The average molecular weight is 401 g/mol. The highest BCUT2D eigenvalue weighted by Gasteiger charge is 2.50. The number of hydrogen-bond acceptors (Lipinski definition) is 5. The zero-order valence-electron chi connectivity index (χ0n) is 17.2. The normalized spacial score (nSPS) is 21.8. The van der Waals surface area contributed by atoms with Gasteiger partial charge in [0.15, 0.2) is 0 Å². The van der Waals surface area contributed by atoms with Crippen molar-refractivity contribution in [3.63, 3.8) is 0 Å². The van der Waals surface area contributed by atoms with E-state index in [0.717, 1.165) is 16.8 Å². The summed E-state index contributed by atoms with van der Waals surface area (Å²) in [5.74, 6) is -0.778. The first-order chi connectivity index (χ1) is 13.7. The number of aryl methyl sites for hydroxylation is 2. The topological polar surface area (TPSA) is 105 Å². The van der Waals surface area contributed by atoms with E-state index in [1.54, 1.807) is 38.4 Å². The van der Waals surface area contributed by atoms with Gasteiger partial charge in [-0.1, -0.05) is 12.1 Å². The van der Waals surface area contributed by atoms with Gasteiger partial charge in [0.25, 0.3) is 5.91 Å². The van der Waals surface area contributed by atoms with Gasteiger partial charge in [0.1, 0.15) is 16.9 Å². The van der Waals surface area contributed by atoms with Crippen LogP contribution in [0.2, 0.25) is 0 Å². The minimum Gasteiger partial charge on any atom is -0.497 e. The SMILES string of the molecule is COc1cccc(C[C@@]2(C(=O)O)CN(C(=O)c3c(C)c(C)nn3C)CC[C@H]2O)c1. The molecule has 1 saturated heterocycles. The summed E-state index contributed by atoms with van der Waals surface area (Å²) < 4.78 is 6.76. The number of methoxy groups -OCH3 is 1. The molecule has 3 rings (SSSR count). The second-order valence-electron chi connectivity index (χ2n) is 7.70. The lowest BCUT2D eigenvalue weighted by Crippen LogP contribution is -2.58. The molecular formula is C21H27N3O5. The van der Waals surface area contributed by atoms with Crippen LogP contribution in [-0.4, -0.2) is 63.1 Å². The fraction of sp³-hybridized carbons (Fsp3) is 0.476. The molecule has 1 amide bonds. The van der Waals surface area contributed by atoms with Crippen molar-refractivity contribution < 1.29 is 24.5 Å². The highest BCUT2D eigenvalue weighted by molar-refractivity contribution is 5.95. The molecule has 1 aliphatic heterocycles. The molecule has 0 aliphatic carbocycles. The maximum atomic E-state index is 13.2. The van der Waals surface area contributed by atoms with E-state index >= 15 is 0 Å². The van der Waals surface area contributed by atoms with Crippen molar-refractivity contribution in [2.24, 2.45) is 12.5 Å². The molecule has 0 spiro atoms. The van der Waals surface area contributed by atoms with Gasteiger partial charge in [-0.25, -0.2) is 0 Å². The largest absolute Gasteiger partial charge is 0.497 e. The van der Waals surface area contributed by atoms with Crippen LogP contribution in [-0.2, 0) is 18.3 Å². The first-order valence-electron chi connectivity index (χ1n) is 9.53.